The molecule has 0 amide bonds. The highest BCUT2D eigenvalue weighted by Gasteiger charge is 2.13. The number of hydrogen-bond donors (Lipinski definition) is 2. The van der Waals surface area contributed by atoms with Gasteiger partial charge in [-0.05, 0) is 17.7 Å². The number of phenolic OH excluding ortho intramolecular Hbond substituents is 1. The fourth-order valence-corrected chi connectivity index (χ4v) is 1.72. The second-order valence-electron chi connectivity index (χ2n) is 3.80. The Morgan fingerprint density at radius 3 is 2.33 bits per heavy atom. The fourth-order valence-electron chi connectivity index (χ4n) is 1.72. The highest BCUT2D eigenvalue weighted by Crippen LogP contribution is 2.18. The van der Waals surface area contributed by atoms with E-state index < -0.39 is 6.10 Å². The standard InChI is InChI=1S/C12H15NO2/c14-11-5-3-10(4-6-11)12(15)9-13-7-1-2-8-13/h1-6,12,14-15H,7-9H2. The largest absolute Gasteiger partial charge is 0.508 e. The fraction of sp³-hybridized carbons (Fsp3) is 0.333. The van der Waals surface area contributed by atoms with Crippen LogP contribution < -0.4 is 0 Å². The van der Waals surface area contributed by atoms with Crippen LogP contribution in [0.5, 0.6) is 5.75 Å². The summed E-state index contributed by atoms with van der Waals surface area (Å²) in [4.78, 5) is 2.16. The Hall–Kier alpha value is -1.32. The molecule has 1 heterocycles. The van der Waals surface area contributed by atoms with E-state index in [0.717, 1.165) is 18.7 Å². The monoisotopic (exact) mass is 205 g/mol. The maximum Gasteiger partial charge on any atom is 0.115 e. The Bertz CT molecular complexity index is 337. The number of hydrogen-bond acceptors (Lipinski definition) is 3. The average Bonchev–Trinajstić information content (AvgIpc) is 2.71. The van der Waals surface area contributed by atoms with Gasteiger partial charge in [0.15, 0.2) is 0 Å². The van der Waals surface area contributed by atoms with Crippen LogP contribution >= 0.6 is 0 Å². The average molecular weight is 205 g/mol. The van der Waals surface area contributed by atoms with Crippen molar-refractivity contribution in [3.8, 4) is 5.75 Å². The van der Waals surface area contributed by atoms with Gasteiger partial charge >= 0.3 is 0 Å². The summed E-state index contributed by atoms with van der Waals surface area (Å²) in [7, 11) is 0. The highest BCUT2D eigenvalue weighted by molar-refractivity contribution is 5.27. The predicted molar refractivity (Wildman–Crippen MR) is 58.6 cm³/mol. The lowest BCUT2D eigenvalue weighted by Crippen LogP contribution is -2.25. The summed E-state index contributed by atoms with van der Waals surface area (Å²) in [5.74, 6) is 0.230. The molecule has 0 saturated heterocycles. The first-order chi connectivity index (χ1) is 7.25. The topological polar surface area (TPSA) is 43.7 Å². The molecule has 0 aliphatic carbocycles. The first-order valence-electron chi connectivity index (χ1n) is 5.10. The molecule has 0 spiro atoms. The van der Waals surface area contributed by atoms with Crippen molar-refractivity contribution in [2.24, 2.45) is 0 Å². The number of aliphatic hydroxyl groups is 1. The number of aromatic hydroxyl groups is 1. The zero-order chi connectivity index (χ0) is 10.7. The Balaban J connectivity index is 1.95. The molecule has 0 aromatic heterocycles. The Morgan fingerprint density at radius 1 is 1.13 bits per heavy atom. The predicted octanol–water partition coefficient (Wildman–Crippen LogP) is 1.30. The number of aliphatic hydroxyl groups excluding tert-OH is 1. The molecule has 1 unspecified atom stereocenters. The van der Waals surface area contributed by atoms with Gasteiger partial charge in [-0.1, -0.05) is 24.3 Å². The summed E-state index contributed by atoms with van der Waals surface area (Å²) in [6.07, 6.45) is 3.72. The third-order valence-electron chi connectivity index (χ3n) is 2.60. The number of phenols is 1. The zero-order valence-electron chi connectivity index (χ0n) is 8.50. The number of rotatable bonds is 3. The molecule has 0 fully saturated rings. The summed E-state index contributed by atoms with van der Waals surface area (Å²) in [5.41, 5.74) is 0.847. The minimum absolute atomic E-state index is 0.230. The molecule has 2 rings (SSSR count). The Kier molecular flexibility index (Phi) is 3.04. The molecule has 0 bridgehead atoms. The minimum Gasteiger partial charge on any atom is -0.508 e. The SMILES string of the molecule is Oc1ccc(C(O)CN2CC=CC2)cc1. The molecule has 15 heavy (non-hydrogen) atoms. The van der Waals surface area contributed by atoms with Crippen LogP contribution in [-0.4, -0.2) is 34.7 Å². The first kappa shape index (κ1) is 10.2. The van der Waals surface area contributed by atoms with Gasteiger partial charge in [-0.25, -0.2) is 0 Å². The van der Waals surface area contributed by atoms with Crippen molar-refractivity contribution in [1.82, 2.24) is 4.90 Å². The molecule has 1 aromatic rings. The Morgan fingerprint density at radius 2 is 1.73 bits per heavy atom. The second-order valence-corrected chi connectivity index (χ2v) is 3.80. The highest BCUT2D eigenvalue weighted by atomic mass is 16.3. The number of nitrogens with zero attached hydrogens (tertiary/aromatic N) is 1. The van der Waals surface area contributed by atoms with Gasteiger partial charge in [0.25, 0.3) is 0 Å². The zero-order valence-corrected chi connectivity index (χ0v) is 8.50. The second kappa shape index (κ2) is 4.47. The van der Waals surface area contributed by atoms with E-state index in [-0.39, 0.29) is 5.75 Å². The normalized spacial score (nSPS) is 18.2. The molecule has 1 aliphatic rings. The van der Waals surface area contributed by atoms with E-state index in [0.29, 0.717) is 6.54 Å². The maximum absolute atomic E-state index is 9.92. The molecule has 1 aromatic carbocycles. The molecule has 0 saturated carbocycles. The maximum atomic E-state index is 9.92. The third kappa shape index (κ3) is 2.58. The first-order valence-corrected chi connectivity index (χ1v) is 5.10. The lowest BCUT2D eigenvalue weighted by atomic mass is 10.1. The van der Waals surface area contributed by atoms with Crippen molar-refractivity contribution in [2.75, 3.05) is 19.6 Å². The van der Waals surface area contributed by atoms with E-state index >= 15 is 0 Å². The lowest BCUT2D eigenvalue weighted by molar-refractivity contribution is 0.129. The van der Waals surface area contributed by atoms with E-state index in [4.69, 9.17) is 5.11 Å². The molecule has 1 aliphatic heterocycles. The molecule has 3 heteroatoms. The molecule has 3 nitrogen and oxygen atoms in total. The van der Waals surface area contributed by atoms with Crippen molar-refractivity contribution in [2.45, 2.75) is 6.10 Å². The summed E-state index contributed by atoms with van der Waals surface area (Å²) in [6.45, 7) is 2.46. The van der Waals surface area contributed by atoms with Crippen LogP contribution in [0.4, 0.5) is 0 Å². The van der Waals surface area contributed by atoms with Crippen molar-refractivity contribution in [3.63, 3.8) is 0 Å². The van der Waals surface area contributed by atoms with Crippen LogP contribution in [0.2, 0.25) is 0 Å². The quantitative estimate of drug-likeness (QED) is 0.731. The van der Waals surface area contributed by atoms with E-state index in [1.54, 1.807) is 24.3 Å². The summed E-state index contributed by atoms with van der Waals surface area (Å²) in [6, 6.07) is 6.70. The van der Waals surface area contributed by atoms with Crippen LogP contribution in [0.3, 0.4) is 0 Å². The van der Waals surface area contributed by atoms with Crippen LogP contribution in [0, 0.1) is 0 Å². The Labute approximate surface area is 89.3 Å². The van der Waals surface area contributed by atoms with Gasteiger partial charge < -0.3 is 10.2 Å². The van der Waals surface area contributed by atoms with Gasteiger partial charge in [0.1, 0.15) is 5.75 Å². The summed E-state index contributed by atoms with van der Waals surface area (Å²) < 4.78 is 0. The van der Waals surface area contributed by atoms with Gasteiger partial charge in [-0.3, -0.25) is 4.90 Å². The van der Waals surface area contributed by atoms with Crippen LogP contribution in [0.1, 0.15) is 11.7 Å². The van der Waals surface area contributed by atoms with E-state index in [1.807, 2.05) is 0 Å². The molecule has 2 N–H and O–H groups in total. The molecule has 0 radical (unpaired) electrons. The van der Waals surface area contributed by atoms with E-state index in [2.05, 4.69) is 17.1 Å². The molecular weight excluding hydrogens is 190 g/mol. The molecule has 80 valence electrons. The van der Waals surface area contributed by atoms with Crippen molar-refractivity contribution in [1.29, 1.82) is 0 Å². The van der Waals surface area contributed by atoms with Crippen molar-refractivity contribution in [3.05, 3.63) is 42.0 Å². The summed E-state index contributed by atoms with van der Waals surface area (Å²) >= 11 is 0. The van der Waals surface area contributed by atoms with Crippen molar-refractivity contribution >= 4 is 0 Å². The number of benzene rings is 1. The van der Waals surface area contributed by atoms with Gasteiger partial charge in [0.05, 0.1) is 6.10 Å². The van der Waals surface area contributed by atoms with Crippen molar-refractivity contribution < 1.29 is 10.2 Å². The van der Waals surface area contributed by atoms with Gasteiger partial charge in [-0.15, -0.1) is 0 Å². The van der Waals surface area contributed by atoms with E-state index in [1.165, 1.54) is 0 Å². The van der Waals surface area contributed by atoms with E-state index in [9.17, 15) is 5.11 Å². The third-order valence-corrected chi connectivity index (χ3v) is 2.60. The summed E-state index contributed by atoms with van der Waals surface area (Å²) in [5, 5.41) is 19.0. The van der Waals surface area contributed by atoms with Crippen LogP contribution in [0.15, 0.2) is 36.4 Å². The molecular formula is C12H15NO2. The van der Waals surface area contributed by atoms with Crippen LogP contribution in [0.25, 0.3) is 0 Å². The van der Waals surface area contributed by atoms with Crippen LogP contribution in [-0.2, 0) is 0 Å². The minimum atomic E-state index is -0.481. The molecule has 1 atom stereocenters. The number of β-amino-alcohol motifs (C(OH)–C–C–N with tert-alkyl or cyclic N) is 1. The van der Waals surface area contributed by atoms with Gasteiger partial charge in [0.2, 0.25) is 0 Å². The van der Waals surface area contributed by atoms with Gasteiger partial charge in [-0.2, -0.15) is 0 Å². The smallest absolute Gasteiger partial charge is 0.115 e. The van der Waals surface area contributed by atoms with Gasteiger partial charge in [0, 0.05) is 19.6 Å². The lowest BCUT2D eigenvalue weighted by Gasteiger charge is -2.19.